The second kappa shape index (κ2) is 7.02. The van der Waals surface area contributed by atoms with Crippen LogP contribution in [0.3, 0.4) is 0 Å². The first-order chi connectivity index (χ1) is 13.6. The van der Waals surface area contributed by atoms with Crippen molar-refractivity contribution >= 4 is 39.5 Å². The van der Waals surface area contributed by atoms with E-state index in [9.17, 15) is 0 Å². The Morgan fingerprint density at radius 2 is 2.04 bits per heavy atom. The average molecular weight is 411 g/mol. The minimum atomic E-state index is 0.314. The molecule has 0 amide bonds. The molecule has 4 aromatic rings. The second-order valence-corrected chi connectivity index (χ2v) is 8.87. The van der Waals surface area contributed by atoms with Crippen molar-refractivity contribution in [2.75, 3.05) is 6.54 Å². The fourth-order valence-corrected chi connectivity index (χ4v) is 5.53. The van der Waals surface area contributed by atoms with Gasteiger partial charge in [0.1, 0.15) is 5.01 Å². The van der Waals surface area contributed by atoms with Crippen molar-refractivity contribution in [3.63, 3.8) is 0 Å². The minimum Gasteiger partial charge on any atom is -0.275 e. The van der Waals surface area contributed by atoms with Crippen LogP contribution < -0.4 is 0 Å². The van der Waals surface area contributed by atoms with Gasteiger partial charge in [0.2, 0.25) is 4.77 Å². The first kappa shape index (κ1) is 17.9. The summed E-state index contributed by atoms with van der Waals surface area (Å²) in [4.78, 5) is 11.9. The number of para-hydroxylation sites is 1. The van der Waals surface area contributed by atoms with E-state index in [1.807, 2.05) is 29.0 Å². The molecular formula is C20H22N6S2. The third-order valence-electron chi connectivity index (χ3n) is 5.39. The molecule has 144 valence electrons. The van der Waals surface area contributed by atoms with Crippen molar-refractivity contribution in [2.45, 2.75) is 45.8 Å². The number of nitrogens with zero attached hydrogens (tertiary/aromatic N) is 6. The molecular weight excluding hydrogens is 388 g/mol. The summed E-state index contributed by atoms with van der Waals surface area (Å²) in [7, 11) is 0. The van der Waals surface area contributed by atoms with Gasteiger partial charge in [0.15, 0.2) is 0 Å². The zero-order chi connectivity index (χ0) is 19.3. The molecule has 28 heavy (non-hydrogen) atoms. The molecule has 1 fully saturated rings. The standard InChI is InChI=1S/C20H22N6S2/c1-13-11-14(2)26-19(21-13)23-25(20(26)27)12-24-10-6-5-8-16(24)18-22-15-7-3-4-9-17(15)28-18/h3-4,7,9,11,16H,5-6,8,10,12H2,1-2H3/t16-/m0/s1. The van der Waals surface area contributed by atoms with Gasteiger partial charge in [-0.1, -0.05) is 18.6 Å². The van der Waals surface area contributed by atoms with E-state index >= 15 is 0 Å². The molecule has 4 heterocycles. The zero-order valence-electron chi connectivity index (χ0n) is 16.0. The van der Waals surface area contributed by atoms with Gasteiger partial charge >= 0.3 is 0 Å². The normalized spacial score (nSPS) is 18.3. The maximum Gasteiger partial charge on any atom is 0.254 e. The van der Waals surface area contributed by atoms with Gasteiger partial charge in [-0.15, -0.1) is 16.4 Å². The number of rotatable bonds is 3. The van der Waals surface area contributed by atoms with E-state index in [1.54, 1.807) is 11.3 Å². The number of thiazole rings is 1. The van der Waals surface area contributed by atoms with E-state index in [4.69, 9.17) is 22.3 Å². The number of hydrogen-bond donors (Lipinski definition) is 0. The van der Waals surface area contributed by atoms with Crippen molar-refractivity contribution in [2.24, 2.45) is 0 Å². The Kier molecular flexibility index (Phi) is 4.49. The van der Waals surface area contributed by atoms with Crippen LogP contribution in [-0.4, -0.2) is 35.6 Å². The molecule has 1 aliphatic heterocycles. The summed E-state index contributed by atoms with van der Waals surface area (Å²) in [6, 6.07) is 10.7. The van der Waals surface area contributed by atoms with Crippen LogP contribution in [0.25, 0.3) is 16.0 Å². The number of aryl methyl sites for hydroxylation is 2. The van der Waals surface area contributed by atoms with Crippen LogP contribution >= 0.6 is 23.6 Å². The fraction of sp³-hybridized carbons (Fsp3) is 0.400. The SMILES string of the molecule is Cc1cc(C)n2c(=S)n(CN3CCCC[C@H]3c3nc4ccccc4s3)nc2n1. The predicted octanol–water partition coefficient (Wildman–Crippen LogP) is 4.67. The summed E-state index contributed by atoms with van der Waals surface area (Å²) in [6.07, 6.45) is 3.54. The zero-order valence-corrected chi connectivity index (χ0v) is 17.6. The number of benzene rings is 1. The number of fused-ring (bicyclic) bond motifs is 2. The Labute approximate surface area is 172 Å². The lowest BCUT2D eigenvalue weighted by Crippen LogP contribution is -2.35. The smallest absolute Gasteiger partial charge is 0.254 e. The molecule has 6 nitrogen and oxygen atoms in total. The molecule has 0 radical (unpaired) electrons. The Morgan fingerprint density at radius 3 is 2.89 bits per heavy atom. The van der Waals surface area contributed by atoms with Gasteiger partial charge < -0.3 is 0 Å². The van der Waals surface area contributed by atoms with Crippen LogP contribution in [-0.2, 0) is 6.67 Å². The van der Waals surface area contributed by atoms with Crippen LogP contribution in [0.15, 0.2) is 30.3 Å². The van der Waals surface area contributed by atoms with Crippen molar-refractivity contribution in [1.82, 2.24) is 29.0 Å². The molecule has 1 aliphatic rings. The van der Waals surface area contributed by atoms with Crippen LogP contribution in [0.1, 0.15) is 41.7 Å². The summed E-state index contributed by atoms with van der Waals surface area (Å²) in [5.74, 6) is 0.677. The van der Waals surface area contributed by atoms with Crippen molar-refractivity contribution < 1.29 is 0 Å². The third kappa shape index (κ3) is 3.05. The lowest BCUT2D eigenvalue weighted by Gasteiger charge is -2.33. The van der Waals surface area contributed by atoms with Gasteiger partial charge in [-0.05, 0) is 57.1 Å². The Balaban J connectivity index is 1.51. The number of aromatic nitrogens is 5. The van der Waals surface area contributed by atoms with E-state index in [1.165, 1.54) is 22.5 Å². The molecule has 0 spiro atoms. The van der Waals surface area contributed by atoms with Crippen molar-refractivity contribution in [3.05, 3.63) is 51.5 Å². The Hall–Kier alpha value is -2.16. The topological polar surface area (TPSA) is 51.2 Å². The summed E-state index contributed by atoms with van der Waals surface area (Å²) in [5, 5.41) is 5.90. The highest BCUT2D eigenvalue weighted by molar-refractivity contribution is 7.71. The van der Waals surface area contributed by atoms with Gasteiger partial charge in [-0.2, -0.15) is 0 Å². The first-order valence-electron chi connectivity index (χ1n) is 9.63. The van der Waals surface area contributed by atoms with E-state index in [2.05, 4.69) is 34.1 Å². The molecule has 1 aromatic carbocycles. The van der Waals surface area contributed by atoms with Gasteiger partial charge in [0, 0.05) is 17.9 Å². The highest BCUT2D eigenvalue weighted by Gasteiger charge is 2.27. The van der Waals surface area contributed by atoms with E-state index < -0.39 is 0 Å². The number of hydrogen-bond acceptors (Lipinski definition) is 6. The highest BCUT2D eigenvalue weighted by Crippen LogP contribution is 2.35. The first-order valence-corrected chi connectivity index (χ1v) is 10.9. The Bertz CT molecular complexity index is 1190. The summed E-state index contributed by atoms with van der Waals surface area (Å²) in [6.45, 7) is 5.74. The van der Waals surface area contributed by atoms with Crippen LogP contribution in [0.5, 0.6) is 0 Å². The van der Waals surface area contributed by atoms with Crippen LogP contribution in [0.4, 0.5) is 0 Å². The quantitative estimate of drug-likeness (QED) is 0.459. The van der Waals surface area contributed by atoms with Gasteiger partial charge in [-0.25, -0.2) is 14.6 Å². The molecule has 0 aliphatic carbocycles. The van der Waals surface area contributed by atoms with Gasteiger partial charge in [0.05, 0.1) is 22.9 Å². The number of likely N-dealkylation sites (tertiary alicyclic amines) is 1. The lowest BCUT2D eigenvalue weighted by molar-refractivity contribution is 0.103. The summed E-state index contributed by atoms with van der Waals surface area (Å²) in [5.41, 5.74) is 3.12. The third-order valence-corrected chi connectivity index (χ3v) is 6.92. The highest BCUT2D eigenvalue weighted by atomic mass is 32.1. The number of piperidine rings is 1. The Morgan fingerprint density at radius 1 is 1.18 bits per heavy atom. The largest absolute Gasteiger partial charge is 0.275 e. The molecule has 0 N–H and O–H groups in total. The van der Waals surface area contributed by atoms with Crippen molar-refractivity contribution in [1.29, 1.82) is 0 Å². The average Bonchev–Trinajstić information content (AvgIpc) is 3.23. The second-order valence-electron chi connectivity index (χ2n) is 7.44. The van der Waals surface area contributed by atoms with E-state index in [0.717, 1.165) is 29.9 Å². The van der Waals surface area contributed by atoms with Gasteiger partial charge in [-0.3, -0.25) is 9.30 Å². The molecule has 0 bridgehead atoms. The molecule has 0 unspecified atom stereocenters. The maximum atomic E-state index is 5.72. The molecule has 8 heteroatoms. The molecule has 3 aromatic heterocycles. The molecule has 1 saturated heterocycles. The monoisotopic (exact) mass is 410 g/mol. The predicted molar refractivity (Wildman–Crippen MR) is 114 cm³/mol. The lowest BCUT2D eigenvalue weighted by atomic mass is 10.0. The fourth-order valence-electron chi connectivity index (χ4n) is 4.07. The minimum absolute atomic E-state index is 0.314. The molecule has 5 rings (SSSR count). The molecule has 1 atom stereocenters. The summed E-state index contributed by atoms with van der Waals surface area (Å²) < 4.78 is 5.82. The van der Waals surface area contributed by atoms with Gasteiger partial charge in [0.25, 0.3) is 5.78 Å². The van der Waals surface area contributed by atoms with E-state index in [0.29, 0.717) is 23.3 Å². The maximum absolute atomic E-state index is 5.72. The molecule has 0 saturated carbocycles. The van der Waals surface area contributed by atoms with Crippen molar-refractivity contribution in [3.8, 4) is 0 Å². The summed E-state index contributed by atoms with van der Waals surface area (Å²) >= 11 is 7.52. The van der Waals surface area contributed by atoms with E-state index in [-0.39, 0.29) is 0 Å². The van der Waals surface area contributed by atoms with Crippen LogP contribution in [0, 0.1) is 18.6 Å². The van der Waals surface area contributed by atoms with Crippen LogP contribution in [0.2, 0.25) is 0 Å².